The molecule has 0 saturated heterocycles. The first-order valence-corrected chi connectivity index (χ1v) is 6.31. The number of aromatic nitrogens is 2. The van der Waals surface area contributed by atoms with Gasteiger partial charge in [-0.15, -0.1) is 0 Å². The fourth-order valence-electron chi connectivity index (χ4n) is 1.62. The van der Waals surface area contributed by atoms with E-state index in [2.05, 4.69) is 9.97 Å². The van der Waals surface area contributed by atoms with Crippen LogP contribution in [0.4, 0.5) is 19.0 Å². The molecule has 1 aromatic heterocycles. The minimum absolute atomic E-state index is 0.0825. The van der Waals surface area contributed by atoms with Gasteiger partial charge in [-0.05, 0) is 24.3 Å². The molecule has 2 aromatic rings. The third-order valence-corrected chi connectivity index (χ3v) is 2.74. The third-order valence-electron chi connectivity index (χ3n) is 2.74. The van der Waals surface area contributed by atoms with Crippen molar-refractivity contribution in [1.82, 2.24) is 9.97 Å². The van der Waals surface area contributed by atoms with Crippen LogP contribution >= 0.6 is 0 Å². The maximum atomic E-state index is 12.5. The second-order valence-electron chi connectivity index (χ2n) is 4.71. The number of hydrogen-bond acceptors (Lipinski definition) is 5. The van der Waals surface area contributed by atoms with Crippen molar-refractivity contribution < 1.29 is 27.8 Å². The highest BCUT2D eigenvalue weighted by atomic mass is 19.4. The van der Waals surface area contributed by atoms with Crippen LogP contribution in [-0.2, 0) is 6.18 Å². The standard InChI is InChI=1S/C14H12F3N3O3/c1-20(2)10-7-11(19-12(18-10)13(21)22)23-9-5-3-8(4-6-9)14(15,16)17/h3-7H,1-2H3,(H,21,22). The number of carbonyl (C=O) groups is 1. The van der Waals surface area contributed by atoms with Crippen LogP contribution in [0, 0.1) is 0 Å². The molecule has 9 heteroatoms. The summed E-state index contributed by atoms with van der Waals surface area (Å²) in [7, 11) is 3.30. The van der Waals surface area contributed by atoms with E-state index in [-0.39, 0.29) is 11.6 Å². The Morgan fingerprint density at radius 1 is 1.17 bits per heavy atom. The summed E-state index contributed by atoms with van der Waals surface area (Å²) in [5, 5.41) is 8.98. The van der Waals surface area contributed by atoms with Gasteiger partial charge in [-0.1, -0.05) is 0 Å². The maximum absolute atomic E-state index is 12.5. The van der Waals surface area contributed by atoms with E-state index in [1.54, 1.807) is 19.0 Å². The van der Waals surface area contributed by atoms with Crippen molar-refractivity contribution in [1.29, 1.82) is 0 Å². The van der Waals surface area contributed by atoms with Crippen molar-refractivity contribution in [3.63, 3.8) is 0 Å². The molecule has 122 valence electrons. The van der Waals surface area contributed by atoms with Gasteiger partial charge >= 0.3 is 12.1 Å². The molecule has 0 saturated carbocycles. The summed E-state index contributed by atoms with van der Waals surface area (Å²) in [5.74, 6) is -1.51. The Hall–Kier alpha value is -2.84. The van der Waals surface area contributed by atoms with Gasteiger partial charge < -0.3 is 14.7 Å². The van der Waals surface area contributed by atoms with Gasteiger partial charge in [0.2, 0.25) is 11.7 Å². The van der Waals surface area contributed by atoms with Gasteiger partial charge in [0, 0.05) is 20.2 Å². The number of carboxylic acids is 1. The molecule has 0 fully saturated rings. The molecule has 1 N–H and O–H groups in total. The molecule has 0 amide bonds. The summed E-state index contributed by atoms with van der Waals surface area (Å²) in [6.07, 6.45) is -4.44. The summed E-state index contributed by atoms with van der Waals surface area (Å²) < 4.78 is 42.8. The minimum atomic E-state index is -4.44. The Labute approximate surface area is 129 Å². The molecule has 0 unspecified atom stereocenters. The smallest absolute Gasteiger partial charge is 0.416 e. The van der Waals surface area contributed by atoms with Crippen LogP contribution in [0.1, 0.15) is 16.2 Å². The number of alkyl halides is 3. The Balaban J connectivity index is 2.30. The zero-order valence-electron chi connectivity index (χ0n) is 12.1. The predicted molar refractivity (Wildman–Crippen MR) is 74.8 cm³/mol. The highest BCUT2D eigenvalue weighted by Gasteiger charge is 2.30. The van der Waals surface area contributed by atoms with E-state index in [4.69, 9.17) is 9.84 Å². The molecule has 0 aliphatic heterocycles. The van der Waals surface area contributed by atoms with Gasteiger partial charge in [0.25, 0.3) is 0 Å². The maximum Gasteiger partial charge on any atom is 0.416 e. The molecule has 0 aliphatic rings. The Bertz CT molecular complexity index is 715. The minimum Gasteiger partial charge on any atom is -0.475 e. The number of rotatable bonds is 4. The molecule has 0 aliphatic carbocycles. The van der Waals surface area contributed by atoms with Crippen molar-refractivity contribution in [3.8, 4) is 11.6 Å². The van der Waals surface area contributed by atoms with Gasteiger partial charge in [0.05, 0.1) is 5.56 Å². The molecule has 6 nitrogen and oxygen atoms in total. The quantitative estimate of drug-likeness (QED) is 0.930. The predicted octanol–water partition coefficient (Wildman–Crippen LogP) is 3.05. The lowest BCUT2D eigenvalue weighted by Crippen LogP contribution is -2.14. The van der Waals surface area contributed by atoms with Crippen LogP contribution in [0.25, 0.3) is 0 Å². The van der Waals surface area contributed by atoms with E-state index in [0.29, 0.717) is 5.82 Å². The average molecular weight is 327 g/mol. The van der Waals surface area contributed by atoms with Crippen LogP contribution in [0.3, 0.4) is 0 Å². The number of nitrogens with zero attached hydrogens (tertiary/aromatic N) is 3. The van der Waals surface area contributed by atoms with Crippen LogP contribution in [0.15, 0.2) is 30.3 Å². The number of halogens is 3. The second-order valence-corrected chi connectivity index (χ2v) is 4.71. The first-order chi connectivity index (χ1) is 10.7. The van der Waals surface area contributed by atoms with E-state index < -0.39 is 23.5 Å². The number of anilines is 1. The fourth-order valence-corrected chi connectivity index (χ4v) is 1.62. The lowest BCUT2D eigenvalue weighted by Gasteiger charge is -2.13. The summed E-state index contributed by atoms with van der Waals surface area (Å²) >= 11 is 0. The van der Waals surface area contributed by atoms with E-state index >= 15 is 0 Å². The average Bonchev–Trinajstić information content (AvgIpc) is 2.46. The lowest BCUT2D eigenvalue weighted by molar-refractivity contribution is -0.137. The van der Waals surface area contributed by atoms with E-state index in [1.165, 1.54) is 6.07 Å². The molecule has 1 heterocycles. The molecule has 0 radical (unpaired) electrons. The first kappa shape index (κ1) is 16.5. The van der Waals surface area contributed by atoms with Crippen molar-refractivity contribution in [2.45, 2.75) is 6.18 Å². The zero-order chi connectivity index (χ0) is 17.2. The van der Waals surface area contributed by atoms with E-state index in [0.717, 1.165) is 24.3 Å². The van der Waals surface area contributed by atoms with Crippen molar-refractivity contribution in [2.75, 3.05) is 19.0 Å². The van der Waals surface area contributed by atoms with Crippen LogP contribution < -0.4 is 9.64 Å². The van der Waals surface area contributed by atoms with Crippen LogP contribution in [0.5, 0.6) is 11.6 Å². The highest BCUT2D eigenvalue weighted by molar-refractivity contribution is 5.83. The Morgan fingerprint density at radius 2 is 1.78 bits per heavy atom. The van der Waals surface area contributed by atoms with E-state index in [9.17, 15) is 18.0 Å². The van der Waals surface area contributed by atoms with E-state index in [1.807, 2.05) is 0 Å². The van der Waals surface area contributed by atoms with Gasteiger partial charge in [-0.3, -0.25) is 0 Å². The summed E-state index contributed by atoms with van der Waals surface area (Å²) in [4.78, 5) is 20.1. The molecule has 0 bridgehead atoms. The highest BCUT2D eigenvalue weighted by Crippen LogP contribution is 2.31. The molecule has 0 atom stereocenters. The molecular formula is C14H12F3N3O3. The Kier molecular flexibility index (Phi) is 4.39. The lowest BCUT2D eigenvalue weighted by atomic mass is 10.2. The zero-order valence-corrected chi connectivity index (χ0v) is 12.1. The van der Waals surface area contributed by atoms with Crippen molar-refractivity contribution >= 4 is 11.8 Å². The van der Waals surface area contributed by atoms with Crippen molar-refractivity contribution in [3.05, 3.63) is 41.7 Å². The van der Waals surface area contributed by atoms with Gasteiger partial charge in [-0.25, -0.2) is 9.78 Å². The monoisotopic (exact) mass is 327 g/mol. The van der Waals surface area contributed by atoms with Gasteiger partial charge in [-0.2, -0.15) is 18.2 Å². The molecule has 0 spiro atoms. The van der Waals surface area contributed by atoms with Gasteiger partial charge in [0.1, 0.15) is 11.6 Å². The summed E-state index contributed by atoms with van der Waals surface area (Å²) in [6.45, 7) is 0. The summed E-state index contributed by atoms with van der Waals surface area (Å²) in [5.41, 5.74) is -0.812. The third kappa shape index (κ3) is 4.09. The normalized spacial score (nSPS) is 11.2. The second kappa shape index (κ2) is 6.11. The number of hydrogen-bond donors (Lipinski definition) is 1. The molecule has 1 aromatic carbocycles. The molecule has 2 rings (SSSR count). The first-order valence-electron chi connectivity index (χ1n) is 6.31. The number of benzene rings is 1. The SMILES string of the molecule is CN(C)c1cc(Oc2ccc(C(F)(F)F)cc2)nc(C(=O)O)n1. The van der Waals surface area contributed by atoms with Crippen molar-refractivity contribution in [2.24, 2.45) is 0 Å². The summed E-state index contributed by atoms with van der Waals surface area (Å²) in [6, 6.07) is 5.36. The largest absolute Gasteiger partial charge is 0.475 e. The van der Waals surface area contributed by atoms with Crippen LogP contribution in [0.2, 0.25) is 0 Å². The number of carboxylic acid groups (broad SMARTS) is 1. The number of aromatic carboxylic acids is 1. The Morgan fingerprint density at radius 3 is 2.26 bits per heavy atom. The van der Waals surface area contributed by atoms with Gasteiger partial charge in [0.15, 0.2) is 0 Å². The molecular weight excluding hydrogens is 315 g/mol. The molecule has 23 heavy (non-hydrogen) atoms. The fraction of sp³-hybridized carbons (Fsp3) is 0.214. The number of ether oxygens (including phenoxy) is 1. The van der Waals surface area contributed by atoms with Crippen LogP contribution in [-0.4, -0.2) is 35.1 Å². The topological polar surface area (TPSA) is 75.5 Å².